The molecule has 0 radical (unpaired) electrons. The molecule has 9 nitrogen and oxygen atoms in total. The number of benzene rings is 2. The second-order valence-corrected chi connectivity index (χ2v) is 8.72. The Morgan fingerprint density at radius 3 is 2.83 bits per heavy atom. The van der Waals surface area contributed by atoms with Gasteiger partial charge in [-0.25, -0.2) is 15.0 Å². The maximum absolute atomic E-state index is 6.54. The van der Waals surface area contributed by atoms with Crippen LogP contribution in [0.4, 0.5) is 11.5 Å². The van der Waals surface area contributed by atoms with Gasteiger partial charge in [-0.1, -0.05) is 11.6 Å². The summed E-state index contributed by atoms with van der Waals surface area (Å²) in [5.74, 6) is 2.59. The first-order chi connectivity index (χ1) is 17.2. The van der Waals surface area contributed by atoms with E-state index in [1.807, 2.05) is 18.2 Å². The first-order valence-electron chi connectivity index (χ1n) is 11.2. The lowest BCUT2D eigenvalue weighted by molar-refractivity contribution is 0.0105. The fraction of sp³-hybridized carbons (Fsp3) is 0.240. The minimum Gasteiger partial charge on any atom is -0.489 e. The van der Waals surface area contributed by atoms with Gasteiger partial charge in [0, 0.05) is 43.9 Å². The third-order valence-electron chi connectivity index (χ3n) is 6.00. The highest BCUT2D eigenvalue weighted by Crippen LogP contribution is 2.35. The Labute approximate surface area is 206 Å². The minimum absolute atomic E-state index is 0.151. The first-order valence-corrected chi connectivity index (χ1v) is 11.6. The van der Waals surface area contributed by atoms with Gasteiger partial charge in [0.25, 0.3) is 0 Å². The Morgan fingerprint density at radius 2 is 2.03 bits per heavy atom. The number of anilines is 2. The molecular formula is C25H22ClN5O4. The molecule has 0 bridgehead atoms. The van der Waals surface area contributed by atoms with Gasteiger partial charge in [0.2, 0.25) is 0 Å². The van der Waals surface area contributed by atoms with Gasteiger partial charge in [-0.2, -0.15) is 0 Å². The van der Waals surface area contributed by atoms with E-state index in [0.29, 0.717) is 39.9 Å². The zero-order valence-electron chi connectivity index (χ0n) is 18.8. The van der Waals surface area contributed by atoms with E-state index in [4.69, 9.17) is 30.2 Å². The van der Waals surface area contributed by atoms with E-state index in [0.717, 1.165) is 35.8 Å². The average molecular weight is 492 g/mol. The molecule has 3 heterocycles. The van der Waals surface area contributed by atoms with Crippen LogP contribution in [0, 0.1) is 0 Å². The average Bonchev–Trinajstić information content (AvgIpc) is 3.31. The number of nitrogens with zero attached hydrogens (tertiary/aromatic N) is 3. The molecule has 6 rings (SSSR count). The van der Waals surface area contributed by atoms with Gasteiger partial charge in [-0.15, -0.1) is 0 Å². The molecule has 178 valence electrons. The lowest BCUT2D eigenvalue weighted by atomic mass is 9.99. The molecule has 2 aromatic carbocycles. The predicted molar refractivity (Wildman–Crippen MR) is 131 cm³/mol. The van der Waals surface area contributed by atoms with Gasteiger partial charge < -0.3 is 29.3 Å². The number of halogens is 1. The van der Waals surface area contributed by atoms with Crippen molar-refractivity contribution in [3.63, 3.8) is 0 Å². The number of fused-ring (bicyclic) bond motifs is 2. The molecule has 1 unspecified atom stereocenters. The van der Waals surface area contributed by atoms with Crippen LogP contribution in [0.5, 0.6) is 11.5 Å². The summed E-state index contributed by atoms with van der Waals surface area (Å²) in [5, 5.41) is 7.02. The van der Waals surface area contributed by atoms with Gasteiger partial charge in [0.1, 0.15) is 47.1 Å². The summed E-state index contributed by atoms with van der Waals surface area (Å²) in [5.41, 5.74) is 3.94. The molecule has 1 aliphatic carbocycles. The van der Waals surface area contributed by atoms with Crippen LogP contribution in [-0.4, -0.2) is 47.4 Å². The molecule has 1 aliphatic heterocycles. The van der Waals surface area contributed by atoms with Crippen molar-refractivity contribution in [3.05, 3.63) is 71.2 Å². The van der Waals surface area contributed by atoms with Gasteiger partial charge in [0.15, 0.2) is 12.0 Å². The van der Waals surface area contributed by atoms with E-state index >= 15 is 0 Å². The van der Waals surface area contributed by atoms with Crippen LogP contribution in [0.1, 0.15) is 11.3 Å². The van der Waals surface area contributed by atoms with E-state index in [9.17, 15) is 0 Å². The van der Waals surface area contributed by atoms with Crippen molar-refractivity contribution in [2.75, 3.05) is 25.5 Å². The summed E-state index contributed by atoms with van der Waals surface area (Å²) in [6.07, 6.45) is 5.50. The predicted octanol–water partition coefficient (Wildman–Crippen LogP) is 4.71. The number of aromatic nitrogens is 3. The summed E-state index contributed by atoms with van der Waals surface area (Å²) >= 11 is 6.54. The van der Waals surface area contributed by atoms with Crippen LogP contribution in [0.3, 0.4) is 0 Å². The minimum atomic E-state index is -0.173. The maximum Gasteiger partial charge on any atom is 0.181 e. The van der Waals surface area contributed by atoms with Crippen LogP contribution in [0.2, 0.25) is 5.02 Å². The van der Waals surface area contributed by atoms with Gasteiger partial charge >= 0.3 is 0 Å². The van der Waals surface area contributed by atoms with Crippen molar-refractivity contribution in [2.45, 2.75) is 18.6 Å². The van der Waals surface area contributed by atoms with Crippen molar-refractivity contribution >= 4 is 40.3 Å². The molecule has 1 fully saturated rings. The Morgan fingerprint density at radius 1 is 1.11 bits per heavy atom. The zero-order valence-corrected chi connectivity index (χ0v) is 19.6. The molecule has 2 aromatic heterocycles. The number of hydrogen-bond donors (Lipinski definition) is 2. The summed E-state index contributed by atoms with van der Waals surface area (Å²) < 4.78 is 23.0. The highest BCUT2D eigenvalue weighted by atomic mass is 35.5. The second kappa shape index (κ2) is 9.18. The molecule has 10 heteroatoms. The summed E-state index contributed by atoms with van der Waals surface area (Å²) in [6.45, 7) is 1.66. The quantitative estimate of drug-likeness (QED) is 0.380. The second-order valence-electron chi connectivity index (χ2n) is 8.31. The van der Waals surface area contributed by atoms with Crippen LogP contribution < -0.4 is 15.4 Å². The SMILES string of the molecule is COC1Cc2ncnc(Nc3ccc(Oc4ccc5ocnc5c4)c(Cl)c3)c2C=C1OC1CNC1. The van der Waals surface area contributed by atoms with E-state index in [-0.39, 0.29) is 12.2 Å². The normalized spacial score (nSPS) is 17.4. The van der Waals surface area contributed by atoms with Gasteiger partial charge in [0.05, 0.1) is 10.7 Å². The Kier molecular flexibility index (Phi) is 5.73. The number of oxazole rings is 1. The summed E-state index contributed by atoms with van der Waals surface area (Å²) in [7, 11) is 1.68. The standard InChI is InChI=1S/C25H22ClN5O4/c1-32-23-9-19-17(8-24(23)35-16-10-27-11-16)25(29-12-28-19)31-14-2-4-21(18(26)6-14)34-15-3-5-22-20(7-15)30-13-33-22/h2-8,12-13,16,23,27H,9-11H2,1H3,(H,28,29,31). The number of nitrogens with one attached hydrogen (secondary N) is 2. The molecule has 2 aliphatic rings. The molecule has 1 atom stereocenters. The topological polar surface area (TPSA) is 104 Å². The Hall–Kier alpha value is -3.66. The van der Waals surface area contributed by atoms with E-state index in [1.54, 1.807) is 37.7 Å². The lowest BCUT2D eigenvalue weighted by Crippen LogP contribution is -2.49. The molecule has 4 aromatic rings. The number of rotatable bonds is 7. The van der Waals surface area contributed by atoms with Crippen LogP contribution in [0.25, 0.3) is 17.2 Å². The zero-order chi connectivity index (χ0) is 23.8. The van der Waals surface area contributed by atoms with Crippen LogP contribution in [0.15, 0.2) is 59.3 Å². The molecule has 1 saturated heterocycles. The van der Waals surface area contributed by atoms with E-state index in [1.165, 1.54) is 6.39 Å². The number of methoxy groups -OCH3 is 1. The molecule has 0 amide bonds. The van der Waals surface area contributed by atoms with Crippen molar-refractivity contribution < 1.29 is 18.6 Å². The fourth-order valence-corrected chi connectivity index (χ4v) is 4.25. The van der Waals surface area contributed by atoms with Crippen molar-refractivity contribution in [1.82, 2.24) is 20.3 Å². The van der Waals surface area contributed by atoms with Crippen molar-refractivity contribution in [2.24, 2.45) is 0 Å². The van der Waals surface area contributed by atoms with Gasteiger partial charge in [-0.3, -0.25) is 0 Å². The highest BCUT2D eigenvalue weighted by Gasteiger charge is 2.29. The number of ether oxygens (including phenoxy) is 3. The molecule has 2 N–H and O–H groups in total. The Bertz CT molecular complexity index is 1420. The molecular weight excluding hydrogens is 470 g/mol. The summed E-state index contributed by atoms with van der Waals surface area (Å²) in [4.78, 5) is 13.1. The molecule has 35 heavy (non-hydrogen) atoms. The fourth-order valence-electron chi connectivity index (χ4n) is 4.03. The van der Waals surface area contributed by atoms with Crippen molar-refractivity contribution in [3.8, 4) is 11.5 Å². The van der Waals surface area contributed by atoms with Gasteiger partial charge in [-0.05, 0) is 36.4 Å². The Balaban J connectivity index is 1.23. The molecule has 0 saturated carbocycles. The van der Waals surface area contributed by atoms with Crippen LogP contribution in [-0.2, 0) is 15.9 Å². The van der Waals surface area contributed by atoms with E-state index in [2.05, 4.69) is 25.6 Å². The van der Waals surface area contributed by atoms with Crippen LogP contribution >= 0.6 is 11.6 Å². The lowest BCUT2D eigenvalue weighted by Gasteiger charge is -2.33. The third kappa shape index (κ3) is 4.41. The summed E-state index contributed by atoms with van der Waals surface area (Å²) in [6, 6.07) is 10.9. The van der Waals surface area contributed by atoms with E-state index < -0.39 is 0 Å². The maximum atomic E-state index is 6.54. The smallest absolute Gasteiger partial charge is 0.181 e. The highest BCUT2D eigenvalue weighted by molar-refractivity contribution is 6.32. The monoisotopic (exact) mass is 491 g/mol. The van der Waals surface area contributed by atoms with Crippen molar-refractivity contribution in [1.29, 1.82) is 0 Å². The largest absolute Gasteiger partial charge is 0.489 e. The first kappa shape index (κ1) is 21.8. The third-order valence-corrected chi connectivity index (χ3v) is 6.30. The molecule has 0 spiro atoms. The number of hydrogen-bond acceptors (Lipinski definition) is 9.